The first kappa shape index (κ1) is 30.5. The van der Waals surface area contributed by atoms with Gasteiger partial charge in [-0.2, -0.15) is 0 Å². The second-order valence-corrected chi connectivity index (χ2v) is 9.23. The third-order valence-corrected chi connectivity index (χ3v) is 6.31. The van der Waals surface area contributed by atoms with Gasteiger partial charge in [0.25, 0.3) is 11.8 Å². The van der Waals surface area contributed by atoms with Crippen molar-refractivity contribution < 1.29 is 53.5 Å². The summed E-state index contributed by atoms with van der Waals surface area (Å²) in [5.41, 5.74) is 1.29. The number of hydrogen-bond donors (Lipinski definition) is 5. The molecule has 4 atom stereocenters. The van der Waals surface area contributed by atoms with E-state index in [1.165, 1.54) is 19.2 Å². The Labute approximate surface area is 229 Å². The zero-order valence-electron chi connectivity index (χ0n) is 21.9. The molecule has 14 heteroatoms. The normalized spacial score (nSPS) is 22.2. The van der Waals surface area contributed by atoms with Gasteiger partial charge in [0.2, 0.25) is 12.2 Å². The molecule has 2 heterocycles. The summed E-state index contributed by atoms with van der Waals surface area (Å²) in [6.45, 7) is 0.228. The second kappa shape index (κ2) is 14.4. The van der Waals surface area contributed by atoms with Crippen LogP contribution in [0.2, 0.25) is 0 Å². The zero-order chi connectivity index (χ0) is 29.2. The number of imide groups is 1. The number of nitrogens with zero attached hydrogens (tertiary/aromatic N) is 1. The smallest absolute Gasteiger partial charge is 0.407 e. The number of aryl methyl sites for hydroxylation is 1. The van der Waals surface area contributed by atoms with E-state index in [-0.39, 0.29) is 37.6 Å². The van der Waals surface area contributed by atoms with Gasteiger partial charge >= 0.3 is 12.1 Å². The summed E-state index contributed by atoms with van der Waals surface area (Å²) in [4.78, 5) is 59.1. The number of hydrogen-bond acceptors (Lipinski definition) is 10. The molecule has 1 aromatic carbocycles. The van der Waals surface area contributed by atoms with E-state index >= 15 is 0 Å². The van der Waals surface area contributed by atoms with Crippen LogP contribution in [0.5, 0.6) is 5.75 Å². The van der Waals surface area contributed by atoms with Crippen LogP contribution in [-0.4, -0.2) is 94.7 Å². The molecule has 1 fully saturated rings. The Kier molecular flexibility index (Phi) is 11.0. The Hall–Kier alpha value is -4.01. The maximum Gasteiger partial charge on any atom is 0.407 e. The van der Waals surface area contributed by atoms with Gasteiger partial charge in [0.15, 0.2) is 6.10 Å². The summed E-state index contributed by atoms with van der Waals surface area (Å²) in [5, 5.41) is 34.6. The van der Waals surface area contributed by atoms with Crippen LogP contribution in [0.15, 0.2) is 30.4 Å². The Morgan fingerprint density at radius 1 is 1.12 bits per heavy atom. The van der Waals surface area contributed by atoms with Gasteiger partial charge in [-0.25, -0.2) is 9.59 Å². The molecule has 1 aromatic rings. The summed E-state index contributed by atoms with van der Waals surface area (Å²) in [7, 11) is 1.40. The topological polar surface area (TPSA) is 201 Å². The largest absolute Gasteiger partial charge is 0.479 e. The Balaban J connectivity index is 1.52. The van der Waals surface area contributed by atoms with Crippen molar-refractivity contribution in [2.45, 2.75) is 63.3 Å². The number of amides is 4. The molecule has 0 aromatic heterocycles. The summed E-state index contributed by atoms with van der Waals surface area (Å²) >= 11 is 0. The molecule has 4 amide bonds. The number of ether oxygens (including phenoxy) is 3. The highest BCUT2D eigenvalue weighted by Gasteiger charge is 2.41. The van der Waals surface area contributed by atoms with Crippen LogP contribution < -0.4 is 15.4 Å². The molecule has 3 rings (SSSR count). The average Bonchev–Trinajstić information content (AvgIpc) is 3.25. The fourth-order valence-electron chi connectivity index (χ4n) is 4.09. The first-order chi connectivity index (χ1) is 19.1. The molecule has 40 heavy (non-hydrogen) atoms. The number of rotatable bonds is 13. The van der Waals surface area contributed by atoms with Gasteiger partial charge in [0.1, 0.15) is 18.5 Å². The number of carboxylic acid groups (broad SMARTS) is 1. The van der Waals surface area contributed by atoms with Gasteiger partial charge in [0, 0.05) is 50.7 Å². The number of aliphatic carboxylic acids is 1. The zero-order valence-corrected chi connectivity index (χ0v) is 21.9. The van der Waals surface area contributed by atoms with Crippen molar-refractivity contribution in [1.29, 1.82) is 0 Å². The number of alkyl carbamates (subject to hydrolysis) is 1. The third kappa shape index (κ3) is 8.49. The molecule has 5 N–H and O–H groups in total. The summed E-state index contributed by atoms with van der Waals surface area (Å²) in [5.74, 6) is -2.27. The Morgan fingerprint density at radius 2 is 1.85 bits per heavy atom. The monoisotopic (exact) mass is 563 g/mol. The number of unbranched alkanes of at least 4 members (excludes halogenated alkanes) is 1. The Bertz CT molecular complexity index is 1120. The quantitative estimate of drug-likeness (QED) is 0.154. The van der Waals surface area contributed by atoms with Crippen molar-refractivity contribution in [3.8, 4) is 5.75 Å². The van der Waals surface area contributed by atoms with Gasteiger partial charge in [-0.05, 0) is 37.0 Å². The maximum atomic E-state index is 12.0. The third-order valence-electron chi connectivity index (χ3n) is 6.31. The Morgan fingerprint density at radius 3 is 2.52 bits per heavy atom. The molecular weight excluding hydrogens is 530 g/mol. The van der Waals surface area contributed by atoms with Crippen LogP contribution in [0.3, 0.4) is 0 Å². The van der Waals surface area contributed by atoms with Crippen LogP contribution in [0.4, 0.5) is 4.79 Å². The van der Waals surface area contributed by atoms with Crippen LogP contribution in [0.1, 0.15) is 36.8 Å². The lowest BCUT2D eigenvalue weighted by Gasteiger charge is -2.35. The van der Waals surface area contributed by atoms with E-state index in [0.29, 0.717) is 31.4 Å². The molecule has 0 saturated carbocycles. The maximum absolute atomic E-state index is 12.0. The summed E-state index contributed by atoms with van der Waals surface area (Å²) in [6, 6.07) is 5.05. The van der Waals surface area contributed by atoms with Crippen molar-refractivity contribution in [1.82, 2.24) is 15.5 Å². The molecule has 0 spiro atoms. The number of nitrogens with one attached hydrogen (secondary N) is 2. The number of carbonyl (C=O) groups excluding carboxylic acids is 4. The molecule has 2 aliphatic heterocycles. The minimum Gasteiger partial charge on any atom is -0.479 e. The summed E-state index contributed by atoms with van der Waals surface area (Å²) < 4.78 is 16.2. The van der Waals surface area contributed by atoms with Crippen molar-refractivity contribution in [3.05, 3.63) is 41.5 Å². The number of aliphatic hydroxyl groups is 2. The first-order valence-electron chi connectivity index (χ1n) is 12.8. The molecule has 218 valence electrons. The van der Waals surface area contributed by atoms with Crippen LogP contribution in [0.25, 0.3) is 0 Å². The number of benzene rings is 1. The minimum absolute atomic E-state index is 0.0129. The number of carboxylic acids is 1. The van der Waals surface area contributed by atoms with Crippen LogP contribution >= 0.6 is 0 Å². The predicted molar refractivity (Wildman–Crippen MR) is 136 cm³/mol. The highest BCUT2D eigenvalue weighted by Crippen LogP contribution is 2.28. The van der Waals surface area contributed by atoms with Gasteiger partial charge in [-0.1, -0.05) is 6.07 Å². The molecule has 1 saturated heterocycles. The highest BCUT2D eigenvalue weighted by atomic mass is 16.7. The lowest BCUT2D eigenvalue weighted by molar-refractivity contribution is -0.238. The van der Waals surface area contributed by atoms with Gasteiger partial charge in [0.05, 0.1) is 6.10 Å². The predicted octanol–water partition coefficient (Wildman–Crippen LogP) is -0.403. The molecule has 0 unspecified atom stereocenters. The first-order valence-corrected chi connectivity index (χ1v) is 12.8. The molecular formula is C26H33N3O11. The van der Waals surface area contributed by atoms with E-state index in [1.54, 1.807) is 18.2 Å². The lowest BCUT2D eigenvalue weighted by atomic mass is 10.0. The van der Waals surface area contributed by atoms with E-state index in [4.69, 9.17) is 14.2 Å². The lowest BCUT2D eigenvalue weighted by Crippen LogP contribution is -2.52. The molecule has 0 bridgehead atoms. The molecule has 2 aliphatic rings. The fraction of sp³-hybridized carbons (Fsp3) is 0.500. The molecule has 0 radical (unpaired) electrons. The van der Waals surface area contributed by atoms with E-state index in [9.17, 15) is 39.3 Å². The van der Waals surface area contributed by atoms with Gasteiger partial charge in [-0.15, -0.1) is 0 Å². The number of carbonyl (C=O) groups is 5. The van der Waals surface area contributed by atoms with Gasteiger partial charge in [-0.3, -0.25) is 19.3 Å². The second-order valence-electron chi connectivity index (χ2n) is 9.23. The van der Waals surface area contributed by atoms with Crippen molar-refractivity contribution in [2.24, 2.45) is 0 Å². The average molecular weight is 564 g/mol. The van der Waals surface area contributed by atoms with Gasteiger partial charge < -0.3 is 40.2 Å². The van der Waals surface area contributed by atoms with E-state index in [0.717, 1.165) is 10.5 Å². The molecule has 14 nitrogen and oxygen atoms in total. The van der Waals surface area contributed by atoms with Crippen LogP contribution in [-0.2, 0) is 41.7 Å². The standard InChI is InChI=1S/C26H33N3O11/c1-27-26(37)38-14-16-12-15(4-2-3-10-28-20(31)9-11-29-21(32)7-8-22(29)33)5-6-18(16)39-25-23(34)17(30)13-19(40-25)24(35)36/h5-8,12,17,19,23,25,30,34H,2-4,9-11,13-14H2,1H3,(H,27,37)(H,28,31)(H,35,36)/t17-,19-,23+,25+/m0/s1. The minimum atomic E-state index is -1.49. The van der Waals surface area contributed by atoms with Crippen molar-refractivity contribution in [3.63, 3.8) is 0 Å². The van der Waals surface area contributed by atoms with Crippen molar-refractivity contribution >= 4 is 29.8 Å². The van der Waals surface area contributed by atoms with Crippen LogP contribution in [0, 0.1) is 0 Å². The van der Waals surface area contributed by atoms with Crippen molar-refractivity contribution in [2.75, 3.05) is 20.1 Å². The van der Waals surface area contributed by atoms with E-state index in [1.807, 2.05) is 0 Å². The van der Waals surface area contributed by atoms with E-state index < -0.39 is 48.5 Å². The molecule has 0 aliphatic carbocycles. The fourth-order valence-corrected chi connectivity index (χ4v) is 4.09. The highest BCUT2D eigenvalue weighted by molar-refractivity contribution is 6.13. The summed E-state index contributed by atoms with van der Waals surface area (Å²) in [6.07, 6.45) is -2.37. The number of aliphatic hydroxyl groups excluding tert-OH is 2. The van der Waals surface area contributed by atoms with E-state index in [2.05, 4.69) is 10.6 Å². The SMILES string of the molecule is CNC(=O)OCc1cc(CCCCNC(=O)CCN2C(=O)C=CC2=O)ccc1O[C@@H]1O[C@H](C(=O)O)C[C@H](O)[C@H]1O.